The molecule has 7 nitrogen and oxygen atoms in total. The fourth-order valence-corrected chi connectivity index (χ4v) is 3.91. The number of hydrogen-bond donors (Lipinski definition) is 4. The maximum atomic E-state index is 12.4. The van der Waals surface area contributed by atoms with Crippen LogP contribution >= 0.6 is 24.8 Å². The lowest BCUT2D eigenvalue weighted by Gasteiger charge is -2.24. The van der Waals surface area contributed by atoms with Gasteiger partial charge in [-0.3, -0.25) is 5.41 Å². The second-order valence-electron chi connectivity index (χ2n) is 7.93. The van der Waals surface area contributed by atoms with E-state index in [1.807, 2.05) is 42.5 Å². The highest BCUT2D eigenvalue weighted by Gasteiger charge is 2.18. The lowest BCUT2D eigenvalue weighted by molar-refractivity contribution is 0.0600. The minimum Gasteiger partial charge on any atom is -0.490 e. The van der Waals surface area contributed by atoms with E-state index in [1.54, 1.807) is 6.07 Å². The number of methoxy groups -OCH3 is 1. The number of amidine groups is 1. The molecule has 0 spiro atoms. The van der Waals surface area contributed by atoms with Crippen molar-refractivity contribution in [1.29, 1.82) is 5.41 Å². The zero-order chi connectivity index (χ0) is 22.5. The van der Waals surface area contributed by atoms with Gasteiger partial charge in [-0.2, -0.15) is 0 Å². The van der Waals surface area contributed by atoms with Gasteiger partial charge in [0.15, 0.2) is 0 Å². The van der Waals surface area contributed by atoms with Crippen LogP contribution in [-0.4, -0.2) is 38.1 Å². The minimum atomic E-state index is -0.409. The highest BCUT2D eigenvalue weighted by molar-refractivity contribution is 5.99. The van der Waals surface area contributed by atoms with Gasteiger partial charge in [-0.1, -0.05) is 24.3 Å². The summed E-state index contributed by atoms with van der Waals surface area (Å²) in [6.07, 6.45) is 2.04. The number of hydrogen-bond acceptors (Lipinski definition) is 6. The molecule has 0 unspecified atom stereocenters. The van der Waals surface area contributed by atoms with Crippen LogP contribution in [0, 0.1) is 5.41 Å². The SMILES string of the molecule is COC(=O)c1cc(OC2CCNCC2)ccc1NCc1ccc2ccc(C(=N)N)cc2c1.Cl.Cl. The lowest BCUT2D eigenvalue weighted by Crippen LogP contribution is -2.34. The number of halogens is 2. The van der Waals surface area contributed by atoms with Crippen molar-refractivity contribution in [3.05, 3.63) is 71.3 Å². The molecule has 1 aliphatic rings. The van der Waals surface area contributed by atoms with E-state index in [1.165, 1.54) is 7.11 Å². The number of carbonyl (C=O) groups is 1. The van der Waals surface area contributed by atoms with Gasteiger partial charge >= 0.3 is 5.97 Å². The molecule has 0 radical (unpaired) electrons. The number of nitrogens with one attached hydrogen (secondary N) is 3. The van der Waals surface area contributed by atoms with Gasteiger partial charge in [-0.25, -0.2) is 4.79 Å². The molecule has 0 amide bonds. The van der Waals surface area contributed by atoms with Crippen molar-refractivity contribution in [3.63, 3.8) is 0 Å². The molecule has 0 aliphatic carbocycles. The van der Waals surface area contributed by atoms with Crippen LogP contribution in [-0.2, 0) is 11.3 Å². The normalized spacial score (nSPS) is 13.3. The van der Waals surface area contributed by atoms with Gasteiger partial charge in [0.25, 0.3) is 0 Å². The third-order valence-corrected chi connectivity index (χ3v) is 5.68. The van der Waals surface area contributed by atoms with Crippen molar-refractivity contribution in [2.45, 2.75) is 25.5 Å². The number of benzene rings is 3. The zero-order valence-corrected chi connectivity index (χ0v) is 20.6. The van der Waals surface area contributed by atoms with Crippen LogP contribution < -0.4 is 21.1 Å². The quantitative estimate of drug-likeness (QED) is 0.214. The largest absolute Gasteiger partial charge is 0.490 e. The van der Waals surface area contributed by atoms with Gasteiger partial charge in [0.2, 0.25) is 0 Å². The molecule has 5 N–H and O–H groups in total. The van der Waals surface area contributed by atoms with E-state index >= 15 is 0 Å². The van der Waals surface area contributed by atoms with E-state index in [2.05, 4.69) is 16.7 Å². The minimum absolute atomic E-state index is 0. The van der Waals surface area contributed by atoms with Crippen LogP contribution in [0.3, 0.4) is 0 Å². The summed E-state index contributed by atoms with van der Waals surface area (Å²) in [5.74, 6) is 0.308. The summed E-state index contributed by atoms with van der Waals surface area (Å²) in [6, 6.07) is 17.3. The second kappa shape index (κ2) is 12.5. The Morgan fingerprint density at radius 3 is 2.50 bits per heavy atom. The first-order chi connectivity index (χ1) is 15.5. The van der Waals surface area contributed by atoms with Gasteiger partial charge in [0.1, 0.15) is 17.7 Å². The number of ether oxygens (including phenoxy) is 2. The molecule has 9 heteroatoms. The van der Waals surface area contributed by atoms with Gasteiger partial charge in [0.05, 0.1) is 12.7 Å². The van der Waals surface area contributed by atoms with Crippen LogP contribution in [0.4, 0.5) is 5.69 Å². The van der Waals surface area contributed by atoms with E-state index in [-0.39, 0.29) is 36.8 Å². The summed E-state index contributed by atoms with van der Waals surface area (Å²) >= 11 is 0. The molecule has 1 heterocycles. The van der Waals surface area contributed by atoms with Gasteiger partial charge in [0, 0.05) is 17.8 Å². The zero-order valence-electron chi connectivity index (χ0n) is 18.9. The lowest BCUT2D eigenvalue weighted by atomic mass is 10.0. The van der Waals surface area contributed by atoms with E-state index in [0.29, 0.717) is 29.1 Å². The first-order valence-corrected chi connectivity index (χ1v) is 10.7. The van der Waals surface area contributed by atoms with Crippen LogP contribution in [0.15, 0.2) is 54.6 Å². The molecular weight excluding hydrogens is 475 g/mol. The first kappa shape index (κ1) is 27.2. The summed E-state index contributed by atoms with van der Waals surface area (Å²) in [5.41, 5.74) is 8.49. The Morgan fingerprint density at radius 2 is 1.79 bits per heavy atom. The van der Waals surface area contributed by atoms with Crippen LogP contribution in [0.5, 0.6) is 5.75 Å². The molecule has 1 saturated heterocycles. The van der Waals surface area contributed by atoms with E-state index < -0.39 is 5.97 Å². The first-order valence-electron chi connectivity index (χ1n) is 10.7. The highest BCUT2D eigenvalue weighted by Crippen LogP contribution is 2.26. The topological polar surface area (TPSA) is 109 Å². The number of fused-ring (bicyclic) bond motifs is 1. The Hall–Kier alpha value is -3.00. The molecule has 3 aromatic rings. The fourth-order valence-electron chi connectivity index (χ4n) is 3.91. The third kappa shape index (κ3) is 6.53. The number of carbonyl (C=O) groups excluding carboxylic acids is 1. The van der Waals surface area contributed by atoms with Crippen LogP contribution in [0.25, 0.3) is 10.8 Å². The molecule has 4 rings (SSSR count). The third-order valence-electron chi connectivity index (χ3n) is 5.68. The number of nitrogens with two attached hydrogens (primary N) is 1. The van der Waals surface area contributed by atoms with Crippen molar-refractivity contribution in [2.75, 3.05) is 25.5 Å². The molecule has 0 atom stereocenters. The van der Waals surface area contributed by atoms with E-state index in [9.17, 15) is 4.79 Å². The summed E-state index contributed by atoms with van der Waals surface area (Å²) in [4.78, 5) is 12.4. The average molecular weight is 505 g/mol. The maximum Gasteiger partial charge on any atom is 0.340 e. The number of anilines is 1. The molecule has 182 valence electrons. The van der Waals surface area contributed by atoms with Crippen molar-refractivity contribution < 1.29 is 14.3 Å². The summed E-state index contributed by atoms with van der Waals surface area (Å²) in [7, 11) is 1.38. The van der Waals surface area contributed by atoms with Crippen LogP contribution in [0.1, 0.15) is 34.3 Å². The van der Waals surface area contributed by atoms with Crippen molar-refractivity contribution >= 4 is 53.1 Å². The Morgan fingerprint density at radius 1 is 1.06 bits per heavy atom. The van der Waals surface area contributed by atoms with E-state index in [0.717, 1.165) is 42.3 Å². The predicted molar refractivity (Wildman–Crippen MR) is 141 cm³/mol. The van der Waals surface area contributed by atoms with E-state index in [4.69, 9.17) is 20.6 Å². The van der Waals surface area contributed by atoms with Gasteiger partial charge < -0.3 is 25.8 Å². The molecule has 1 aliphatic heterocycles. The summed E-state index contributed by atoms with van der Waals surface area (Å²) in [6.45, 7) is 2.40. The molecule has 0 bridgehead atoms. The summed E-state index contributed by atoms with van der Waals surface area (Å²) in [5, 5.41) is 16.4. The molecule has 3 aromatic carbocycles. The number of rotatable bonds is 7. The Labute approximate surface area is 211 Å². The molecule has 34 heavy (non-hydrogen) atoms. The van der Waals surface area contributed by atoms with Crippen molar-refractivity contribution in [3.8, 4) is 5.75 Å². The molecular formula is C25H30Cl2N4O3. The van der Waals surface area contributed by atoms with Crippen LogP contribution in [0.2, 0.25) is 0 Å². The Kier molecular flexibility index (Phi) is 9.98. The van der Waals surface area contributed by atoms with Gasteiger partial charge in [-0.15, -0.1) is 24.8 Å². The predicted octanol–water partition coefficient (Wildman–Crippen LogP) is 4.50. The molecule has 0 saturated carbocycles. The standard InChI is InChI=1S/C25H28N4O3.2ClH/c1-31-25(30)22-14-21(32-20-8-10-28-11-9-20)6-7-23(22)29-15-16-2-3-17-4-5-18(24(26)27)13-19(17)12-16;;/h2-7,12-14,20,28-29H,8-11,15H2,1H3,(H3,26,27);2*1H. The van der Waals surface area contributed by atoms with Crippen molar-refractivity contribution in [2.24, 2.45) is 5.73 Å². The Balaban J connectivity index is 0.00000204. The number of piperidine rings is 1. The maximum absolute atomic E-state index is 12.4. The molecule has 0 aromatic heterocycles. The Bertz CT molecular complexity index is 1150. The van der Waals surface area contributed by atoms with Gasteiger partial charge in [-0.05, 0) is 72.6 Å². The second-order valence-corrected chi connectivity index (χ2v) is 7.93. The number of esters is 1. The monoisotopic (exact) mass is 504 g/mol. The van der Waals surface area contributed by atoms with Crippen molar-refractivity contribution in [1.82, 2.24) is 5.32 Å². The highest BCUT2D eigenvalue weighted by atomic mass is 35.5. The average Bonchev–Trinajstić information content (AvgIpc) is 2.82. The fraction of sp³-hybridized carbons (Fsp3) is 0.280. The smallest absolute Gasteiger partial charge is 0.340 e. The summed E-state index contributed by atoms with van der Waals surface area (Å²) < 4.78 is 11.1. The number of nitrogen functional groups attached to an aromatic ring is 1. The molecule has 1 fully saturated rings.